The molecule has 0 atom stereocenters. The number of aromatic nitrogens is 1. The molecule has 0 amide bonds. The summed E-state index contributed by atoms with van der Waals surface area (Å²) in [6.07, 6.45) is 1.68. The normalized spacial score (nSPS) is 10.1. The van der Waals surface area contributed by atoms with Gasteiger partial charge in [0.2, 0.25) is 0 Å². The number of nitrogens with zero attached hydrogens (tertiary/aromatic N) is 1. The van der Waals surface area contributed by atoms with E-state index in [2.05, 4.69) is 11.1 Å². The zero-order valence-corrected chi connectivity index (χ0v) is 10.8. The number of rotatable bonds is 2. The summed E-state index contributed by atoms with van der Waals surface area (Å²) in [5, 5.41) is 9.73. The van der Waals surface area contributed by atoms with Crippen LogP contribution in [0, 0.1) is 18.3 Å². The van der Waals surface area contributed by atoms with Gasteiger partial charge in [-0.25, -0.2) is 0 Å². The van der Waals surface area contributed by atoms with E-state index in [1.807, 2.05) is 13.0 Å². The Morgan fingerprint density at radius 1 is 1.39 bits per heavy atom. The maximum absolute atomic E-state index is 9.11. The topological polar surface area (TPSA) is 74.8 Å². The minimum Gasteiger partial charge on any atom is -0.496 e. The van der Waals surface area contributed by atoms with Crippen molar-refractivity contribution in [1.82, 2.24) is 4.98 Å². The molecule has 1 aromatic carbocycles. The predicted octanol–water partition coefficient (Wildman–Crippen LogP) is 3.11. The van der Waals surface area contributed by atoms with Crippen molar-refractivity contribution in [2.45, 2.75) is 6.92 Å². The van der Waals surface area contributed by atoms with E-state index in [1.54, 1.807) is 19.4 Å². The highest BCUT2D eigenvalue weighted by Gasteiger charge is 2.16. The minimum absolute atomic E-state index is 0.339. The summed E-state index contributed by atoms with van der Waals surface area (Å²) >= 11 is 6.12. The molecule has 1 heterocycles. The van der Waals surface area contributed by atoms with E-state index < -0.39 is 0 Å². The molecule has 0 spiro atoms. The van der Waals surface area contributed by atoms with Crippen LogP contribution in [0.2, 0.25) is 5.02 Å². The first-order valence-corrected chi connectivity index (χ1v) is 5.67. The fourth-order valence-electron chi connectivity index (χ4n) is 1.81. The van der Waals surface area contributed by atoms with Gasteiger partial charge in [-0.3, -0.25) is 0 Å². The lowest BCUT2D eigenvalue weighted by Gasteiger charge is -2.10. The zero-order chi connectivity index (χ0) is 13.3. The Morgan fingerprint density at radius 2 is 2.11 bits per heavy atom. The van der Waals surface area contributed by atoms with Crippen molar-refractivity contribution in [2.75, 3.05) is 12.8 Å². The number of aryl methyl sites for hydroxylation is 1. The molecule has 2 rings (SSSR count). The van der Waals surface area contributed by atoms with Crippen LogP contribution in [0.15, 0.2) is 18.3 Å². The third-order valence-corrected chi connectivity index (χ3v) is 3.20. The summed E-state index contributed by atoms with van der Waals surface area (Å²) in [6, 6.07) is 5.69. The molecule has 0 aliphatic carbocycles. The van der Waals surface area contributed by atoms with Gasteiger partial charge >= 0.3 is 0 Å². The number of H-pyrrole nitrogens is 1. The molecule has 0 saturated carbocycles. The van der Waals surface area contributed by atoms with E-state index in [4.69, 9.17) is 27.3 Å². The average molecular weight is 262 g/mol. The molecule has 0 fully saturated rings. The van der Waals surface area contributed by atoms with Gasteiger partial charge in [0.15, 0.2) is 0 Å². The number of nitrogen functional groups attached to an aromatic ring is 1. The fraction of sp³-hybridized carbons (Fsp3) is 0.154. The van der Waals surface area contributed by atoms with Crippen LogP contribution in [0.4, 0.5) is 5.82 Å². The largest absolute Gasteiger partial charge is 0.496 e. The Balaban J connectivity index is 2.71. The van der Waals surface area contributed by atoms with Crippen LogP contribution in [-0.4, -0.2) is 12.1 Å². The second kappa shape index (κ2) is 4.63. The predicted molar refractivity (Wildman–Crippen MR) is 71.7 cm³/mol. The molecule has 0 unspecified atom stereocenters. The quantitative estimate of drug-likeness (QED) is 0.872. The molecule has 0 bridgehead atoms. The molecule has 0 aliphatic heterocycles. The lowest BCUT2D eigenvalue weighted by Crippen LogP contribution is -1.92. The third-order valence-electron chi connectivity index (χ3n) is 2.79. The van der Waals surface area contributed by atoms with Crippen LogP contribution in [0.5, 0.6) is 5.75 Å². The van der Waals surface area contributed by atoms with E-state index in [0.29, 0.717) is 27.7 Å². The van der Waals surface area contributed by atoms with Gasteiger partial charge in [0, 0.05) is 22.3 Å². The summed E-state index contributed by atoms with van der Waals surface area (Å²) < 4.78 is 5.32. The number of methoxy groups -OCH3 is 1. The number of halogens is 1. The summed E-state index contributed by atoms with van der Waals surface area (Å²) in [6.45, 7) is 1.89. The smallest absolute Gasteiger partial charge is 0.127 e. The number of ether oxygens (including phenoxy) is 1. The molecule has 4 nitrogen and oxygen atoms in total. The SMILES string of the molecule is COc1cc(C)c(Cl)cc1-c1c[nH]c(N)c1C#N. The second-order valence-electron chi connectivity index (χ2n) is 3.90. The first kappa shape index (κ1) is 12.3. The molecule has 18 heavy (non-hydrogen) atoms. The Hall–Kier alpha value is -2.12. The number of hydrogen-bond acceptors (Lipinski definition) is 3. The van der Waals surface area contributed by atoms with Gasteiger partial charge in [-0.05, 0) is 24.6 Å². The zero-order valence-electron chi connectivity index (χ0n) is 10.0. The van der Waals surface area contributed by atoms with E-state index in [0.717, 1.165) is 11.1 Å². The van der Waals surface area contributed by atoms with Crippen LogP contribution >= 0.6 is 11.6 Å². The molecular formula is C13H12ClN3O. The van der Waals surface area contributed by atoms with Gasteiger partial charge in [0.1, 0.15) is 23.2 Å². The van der Waals surface area contributed by atoms with Crippen LogP contribution in [0.3, 0.4) is 0 Å². The molecule has 0 radical (unpaired) electrons. The van der Waals surface area contributed by atoms with Crippen molar-refractivity contribution in [2.24, 2.45) is 0 Å². The highest BCUT2D eigenvalue weighted by atomic mass is 35.5. The van der Waals surface area contributed by atoms with Crippen molar-refractivity contribution in [1.29, 1.82) is 5.26 Å². The summed E-state index contributed by atoms with van der Waals surface area (Å²) in [5.41, 5.74) is 8.45. The molecule has 5 heteroatoms. The van der Waals surface area contributed by atoms with E-state index in [-0.39, 0.29) is 0 Å². The highest BCUT2D eigenvalue weighted by molar-refractivity contribution is 6.31. The van der Waals surface area contributed by atoms with Crippen molar-refractivity contribution >= 4 is 17.4 Å². The first-order valence-electron chi connectivity index (χ1n) is 5.30. The minimum atomic E-state index is 0.339. The Labute approximate surface area is 110 Å². The van der Waals surface area contributed by atoms with Crippen molar-refractivity contribution in [3.05, 3.63) is 34.5 Å². The Morgan fingerprint density at radius 3 is 2.72 bits per heavy atom. The maximum Gasteiger partial charge on any atom is 0.127 e. The lowest BCUT2D eigenvalue weighted by atomic mass is 10.0. The standard InChI is InChI=1S/C13H12ClN3O/c1-7-3-12(18-2)8(4-11(7)14)10-6-17-13(16)9(10)5-15/h3-4,6,17H,16H2,1-2H3. The van der Waals surface area contributed by atoms with Crippen molar-refractivity contribution < 1.29 is 4.74 Å². The summed E-state index contributed by atoms with van der Waals surface area (Å²) in [7, 11) is 1.58. The molecule has 92 valence electrons. The van der Waals surface area contributed by atoms with Crippen LogP contribution in [-0.2, 0) is 0 Å². The fourth-order valence-corrected chi connectivity index (χ4v) is 1.97. The molecule has 1 aromatic heterocycles. The molecule has 0 saturated heterocycles. The van der Waals surface area contributed by atoms with Gasteiger partial charge in [-0.15, -0.1) is 0 Å². The first-order chi connectivity index (χ1) is 8.58. The third kappa shape index (κ3) is 1.89. The number of nitrogens with one attached hydrogen (secondary N) is 1. The molecule has 2 aromatic rings. The second-order valence-corrected chi connectivity index (χ2v) is 4.31. The van der Waals surface area contributed by atoms with Gasteiger partial charge in [-0.2, -0.15) is 5.26 Å². The number of nitriles is 1. The van der Waals surface area contributed by atoms with E-state index in [1.165, 1.54) is 0 Å². The van der Waals surface area contributed by atoms with Crippen LogP contribution in [0.1, 0.15) is 11.1 Å². The van der Waals surface area contributed by atoms with Crippen molar-refractivity contribution in [3.8, 4) is 22.9 Å². The number of benzene rings is 1. The Kier molecular flexibility index (Phi) is 3.17. The van der Waals surface area contributed by atoms with Crippen LogP contribution < -0.4 is 10.5 Å². The monoisotopic (exact) mass is 261 g/mol. The summed E-state index contributed by atoms with van der Waals surface area (Å²) in [5.74, 6) is 0.999. The van der Waals surface area contributed by atoms with Gasteiger partial charge in [0.25, 0.3) is 0 Å². The maximum atomic E-state index is 9.11. The van der Waals surface area contributed by atoms with Gasteiger partial charge in [0.05, 0.1) is 7.11 Å². The number of hydrogen-bond donors (Lipinski definition) is 2. The number of anilines is 1. The molecular weight excluding hydrogens is 250 g/mol. The molecule has 0 aliphatic rings. The number of aromatic amines is 1. The number of nitrogens with two attached hydrogens (primary N) is 1. The van der Waals surface area contributed by atoms with E-state index >= 15 is 0 Å². The molecule has 3 N–H and O–H groups in total. The lowest BCUT2D eigenvalue weighted by molar-refractivity contribution is 0.416. The highest BCUT2D eigenvalue weighted by Crippen LogP contribution is 2.37. The average Bonchev–Trinajstić information content (AvgIpc) is 2.73. The van der Waals surface area contributed by atoms with Gasteiger partial charge < -0.3 is 15.5 Å². The van der Waals surface area contributed by atoms with Gasteiger partial charge in [-0.1, -0.05) is 11.6 Å². The van der Waals surface area contributed by atoms with Crippen molar-refractivity contribution in [3.63, 3.8) is 0 Å². The Bertz CT molecular complexity index is 640. The van der Waals surface area contributed by atoms with Crippen LogP contribution in [0.25, 0.3) is 11.1 Å². The summed E-state index contributed by atoms with van der Waals surface area (Å²) in [4.78, 5) is 2.83. The van der Waals surface area contributed by atoms with E-state index in [9.17, 15) is 0 Å².